The van der Waals surface area contributed by atoms with Gasteiger partial charge in [0.1, 0.15) is 18.1 Å². The maximum atomic E-state index is 13.6. The number of hydrogen-bond acceptors (Lipinski definition) is 8. The Morgan fingerprint density at radius 2 is 1.66 bits per heavy atom. The summed E-state index contributed by atoms with van der Waals surface area (Å²) in [5.74, 6) is -3.94. The molecule has 0 aliphatic heterocycles. The fraction of sp³-hybridized carbons (Fsp3) is 0.385. The van der Waals surface area contributed by atoms with E-state index in [0.29, 0.717) is 11.4 Å². The molecule has 10 N–H and O–H groups in total. The molecule has 0 spiro atoms. The highest BCUT2D eigenvalue weighted by Gasteiger charge is 2.31. The molecule has 0 aliphatic carbocycles. The van der Waals surface area contributed by atoms with Gasteiger partial charge in [0, 0.05) is 41.8 Å². The SMILES string of the molecule is CSCCC(NC(=O)C(Cc1c[nH]c2ccccc12)NC(=O)C(N)Cc1cnc[nH]1)C(=O)NC(CC(N)=O)C(=O)O. The van der Waals surface area contributed by atoms with Gasteiger partial charge in [0.2, 0.25) is 23.6 Å². The van der Waals surface area contributed by atoms with E-state index in [2.05, 4.69) is 30.9 Å². The molecule has 4 unspecified atom stereocenters. The number of aromatic amines is 2. The molecule has 4 atom stereocenters. The molecule has 1 aromatic carbocycles. The zero-order chi connectivity index (χ0) is 29.9. The number of carbonyl (C=O) groups excluding carboxylic acids is 4. The van der Waals surface area contributed by atoms with Crippen LogP contribution in [0.4, 0.5) is 0 Å². The molecule has 0 saturated heterocycles. The minimum Gasteiger partial charge on any atom is -0.480 e. The first-order valence-electron chi connectivity index (χ1n) is 12.8. The number of primary amides is 1. The van der Waals surface area contributed by atoms with Crippen molar-refractivity contribution in [2.45, 2.75) is 49.9 Å². The quantitative estimate of drug-likeness (QED) is 0.104. The van der Waals surface area contributed by atoms with Crippen LogP contribution in [0.15, 0.2) is 43.0 Å². The summed E-state index contributed by atoms with van der Waals surface area (Å²) < 4.78 is 0. The molecule has 0 saturated carbocycles. The van der Waals surface area contributed by atoms with Crippen molar-refractivity contribution in [2.24, 2.45) is 11.5 Å². The van der Waals surface area contributed by atoms with E-state index in [-0.39, 0.29) is 19.3 Å². The topological polar surface area (TPSA) is 238 Å². The van der Waals surface area contributed by atoms with Gasteiger partial charge < -0.3 is 42.5 Å². The second-order valence-electron chi connectivity index (χ2n) is 9.42. The van der Waals surface area contributed by atoms with Crippen LogP contribution in [0.5, 0.6) is 0 Å². The number of thioether (sulfide) groups is 1. The minimum absolute atomic E-state index is 0.0780. The predicted molar refractivity (Wildman–Crippen MR) is 153 cm³/mol. The molecule has 220 valence electrons. The molecule has 2 heterocycles. The van der Waals surface area contributed by atoms with Crippen molar-refractivity contribution in [2.75, 3.05) is 12.0 Å². The van der Waals surface area contributed by atoms with Crippen molar-refractivity contribution in [3.8, 4) is 0 Å². The number of imidazole rings is 1. The van der Waals surface area contributed by atoms with Crippen LogP contribution in [0.25, 0.3) is 10.9 Å². The van der Waals surface area contributed by atoms with Gasteiger partial charge in [0.05, 0.1) is 18.8 Å². The van der Waals surface area contributed by atoms with Gasteiger partial charge in [-0.2, -0.15) is 11.8 Å². The van der Waals surface area contributed by atoms with Crippen LogP contribution in [0.2, 0.25) is 0 Å². The summed E-state index contributed by atoms with van der Waals surface area (Å²) in [5.41, 5.74) is 13.5. The zero-order valence-corrected chi connectivity index (χ0v) is 23.2. The molecule has 0 fully saturated rings. The van der Waals surface area contributed by atoms with Crippen molar-refractivity contribution in [1.82, 2.24) is 30.9 Å². The number of fused-ring (bicyclic) bond motifs is 1. The maximum absolute atomic E-state index is 13.6. The van der Waals surface area contributed by atoms with Crippen molar-refractivity contribution in [1.29, 1.82) is 0 Å². The number of carboxylic acid groups (broad SMARTS) is 1. The van der Waals surface area contributed by atoms with Crippen LogP contribution in [-0.2, 0) is 36.8 Å². The Morgan fingerprint density at radius 3 is 2.32 bits per heavy atom. The lowest BCUT2D eigenvalue weighted by Crippen LogP contribution is -2.58. The third-order valence-corrected chi connectivity index (χ3v) is 6.97. The highest BCUT2D eigenvalue weighted by atomic mass is 32.2. The number of aromatic nitrogens is 3. The Hall–Kier alpha value is -4.37. The number of nitrogens with zero attached hydrogens (tertiary/aromatic N) is 1. The Bertz CT molecular complexity index is 1360. The number of para-hydroxylation sites is 1. The first-order valence-corrected chi connectivity index (χ1v) is 14.2. The first kappa shape index (κ1) is 31.2. The number of carbonyl (C=O) groups is 5. The number of hydrogen-bond donors (Lipinski definition) is 8. The molecule has 2 aromatic heterocycles. The van der Waals surface area contributed by atoms with Crippen LogP contribution in [0, 0.1) is 0 Å². The van der Waals surface area contributed by atoms with Gasteiger partial charge in [-0.05, 0) is 30.1 Å². The third kappa shape index (κ3) is 9.08. The van der Waals surface area contributed by atoms with Crippen LogP contribution in [0.1, 0.15) is 24.1 Å². The number of amides is 4. The Kier molecular flexibility index (Phi) is 11.3. The van der Waals surface area contributed by atoms with Gasteiger partial charge >= 0.3 is 5.97 Å². The summed E-state index contributed by atoms with van der Waals surface area (Å²) in [6.45, 7) is 0. The van der Waals surface area contributed by atoms with E-state index in [1.54, 1.807) is 12.4 Å². The Morgan fingerprint density at radius 1 is 0.976 bits per heavy atom. The van der Waals surface area contributed by atoms with E-state index in [9.17, 15) is 29.1 Å². The highest BCUT2D eigenvalue weighted by molar-refractivity contribution is 7.98. The number of carboxylic acids is 1. The smallest absolute Gasteiger partial charge is 0.326 e. The van der Waals surface area contributed by atoms with E-state index in [1.807, 2.05) is 30.5 Å². The molecule has 0 bridgehead atoms. The number of aliphatic carboxylic acids is 1. The molecule has 3 aromatic rings. The fourth-order valence-corrected chi connectivity index (χ4v) is 4.66. The molecule has 41 heavy (non-hydrogen) atoms. The van der Waals surface area contributed by atoms with Crippen molar-refractivity contribution >= 4 is 52.3 Å². The monoisotopic (exact) mass is 586 g/mol. The third-order valence-electron chi connectivity index (χ3n) is 6.33. The van der Waals surface area contributed by atoms with E-state index in [4.69, 9.17) is 11.5 Å². The average molecular weight is 587 g/mol. The lowest BCUT2D eigenvalue weighted by molar-refractivity contribution is -0.143. The summed E-state index contributed by atoms with van der Waals surface area (Å²) in [5, 5.41) is 17.9. The van der Waals surface area contributed by atoms with Gasteiger partial charge in [-0.1, -0.05) is 18.2 Å². The van der Waals surface area contributed by atoms with E-state index in [1.165, 1.54) is 18.1 Å². The normalized spacial score (nSPS) is 14.0. The number of benzene rings is 1. The minimum atomic E-state index is -1.56. The van der Waals surface area contributed by atoms with Gasteiger partial charge in [0.15, 0.2) is 0 Å². The van der Waals surface area contributed by atoms with E-state index >= 15 is 0 Å². The summed E-state index contributed by atoms with van der Waals surface area (Å²) in [6.07, 6.45) is 6.33. The molecule has 4 amide bonds. The summed E-state index contributed by atoms with van der Waals surface area (Å²) in [4.78, 5) is 72.4. The van der Waals surface area contributed by atoms with Crippen LogP contribution < -0.4 is 27.4 Å². The Labute approximate surface area is 239 Å². The second kappa shape index (κ2) is 14.9. The second-order valence-corrected chi connectivity index (χ2v) is 10.4. The molecular weight excluding hydrogens is 552 g/mol. The number of nitrogens with two attached hydrogens (primary N) is 2. The molecule has 0 aliphatic rings. The van der Waals surface area contributed by atoms with Crippen LogP contribution in [-0.4, -0.2) is 85.8 Å². The van der Waals surface area contributed by atoms with Crippen LogP contribution >= 0.6 is 11.8 Å². The zero-order valence-electron chi connectivity index (χ0n) is 22.4. The summed E-state index contributed by atoms with van der Waals surface area (Å²) in [7, 11) is 0. The number of rotatable bonds is 16. The molecule has 0 radical (unpaired) electrons. The van der Waals surface area contributed by atoms with Gasteiger partial charge in [-0.25, -0.2) is 9.78 Å². The molecule has 3 rings (SSSR count). The van der Waals surface area contributed by atoms with Gasteiger partial charge in [-0.3, -0.25) is 19.2 Å². The maximum Gasteiger partial charge on any atom is 0.326 e. The Balaban J connectivity index is 1.81. The fourth-order valence-electron chi connectivity index (χ4n) is 4.18. The van der Waals surface area contributed by atoms with Gasteiger partial charge in [-0.15, -0.1) is 0 Å². The van der Waals surface area contributed by atoms with Crippen molar-refractivity contribution in [3.63, 3.8) is 0 Å². The van der Waals surface area contributed by atoms with Gasteiger partial charge in [0.25, 0.3) is 0 Å². The molecular formula is C26H34N8O6S. The standard InChI is InChI=1S/C26H34N8O6S/c1-41-7-6-19(24(37)34-21(26(39)40)10-22(28)35)32-25(38)20(8-14-11-30-18-5-3-2-4-16(14)18)33-23(36)17(27)9-15-12-29-13-31-15/h2-5,11-13,17,19-21,30H,6-10,27H2,1H3,(H2,28,35)(H,29,31)(H,32,38)(H,33,36)(H,34,37)(H,39,40). The predicted octanol–water partition coefficient (Wildman–Crippen LogP) is -0.829. The van der Waals surface area contributed by atoms with E-state index in [0.717, 1.165) is 16.5 Å². The molecule has 14 nitrogen and oxygen atoms in total. The average Bonchev–Trinajstić information content (AvgIpc) is 3.59. The van der Waals surface area contributed by atoms with Crippen LogP contribution in [0.3, 0.4) is 0 Å². The molecule has 15 heteroatoms. The highest BCUT2D eigenvalue weighted by Crippen LogP contribution is 2.19. The largest absolute Gasteiger partial charge is 0.480 e. The lowest BCUT2D eigenvalue weighted by Gasteiger charge is -2.25. The van der Waals surface area contributed by atoms with Crippen molar-refractivity contribution < 1.29 is 29.1 Å². The number of H-pyrrole nitrogens is 2. The first-order chi connectivity index (χ1) is 19.6. The lowest BCUT2D eigenvalue weighted by atomic mass is 10.0. The summed E-state index contributed by atoms with van der Waals surface area (Å²) >= 11 is 1.42. The van der Waals surface area contributed by atoms with Crippen molar-refractivity contribution in [3.05, 3.63) is 54.2 Å². The summed E-state index contributed by atoms with van der Waals surface area (Å²) in [6, 6.07) is 2.64. The van der Waals surface area contributed by atoms with E-state index < -0.39 is 60.2 Å². The number of nitrogens with one attached hydrogen (secondary N) is 5.